The third-order valence-corrected chi connectivity index (χ3v) is 6.97. The Hall–Kier alpha value is -3.78. The van der Waals surface area contributed by atoms with Gasteiger partial charge in [0.2, 0.25) is 0 Å². The van der Waals surface area contributed by atoms with E-state index in [2.05, 4.69) is 20.5 Å². The summed E-state index contributed by atoms with van der Waals surface area (Å²) in [6, 6.07) is 10.4. The lowest BCUT2D eigenvalue weighted by atomic mass is 9.93. The maximum Gasteiger partial charge on any atom is 0.256 e. The SMILES string of the molecule is Cc1cc(C(=O)NCCCN2CCCC2)c(C/C=C2\C(=O)Nc3cccc(-c4ccc(F)cc4F)c32)[nH]1. The van der Waals surface area contributed by atoms with Crippen LogP contribution >= 0.6 is 0 Å². The maximum atomic E-state index is 14.6. The molecule has 192 valence electrons. The average molecular weight is 505 g/mol. The minimum absolute atomic E-state index is 0.149. The highest BCUT2D eigenvalue weighted by molar-refractivity contribution is 6.33. The topological polar surface area (TPSA) is 77.2 Å². The van der Waals surface area contributed by atoms with Crippen LogP contribution in [0, 0.1) is 18.6 Å². The molecule has 2 aromatic carbocycles. The molecule has 2 aliphatic rings. The molecule has 0 saturated carbocycles. The summed E-state index contributed by atoms with van der Waals surface area (Å²) < 4.78 is 28.1. The molecule has 0 unspecified atom stereocenters. The number of allylic oxidation sites excluding steroid dienone is 1. The van der Waals surface area contributed by atoms with E-state index >= 15 is 0 Å². The van der Waals surface area contributed by atoms with Crippen molar-refractivity contribution < 1.29 is 18.4 Å². The van der Waals surface area contributed by atoms with Crippen molar-refractivity contribution >= 4 is 23.1 Å². The normalized spacial score (nSPS) is 16.3. The number of benzene rings is 2. The molecule has 3 aromatic rings. The van der Waals surface area contributed by atoms with Gasteiger partial charge in [-0.3, -0.25) is 9.59 Å². The van der Waals surface area contributed by atoms with Crippen molar-refractivity contribution in [2.75, 3.05) is 31.5 Å². The number of hydrogen-bond acceptors (Lipinski definition) is 3. The maximum absolute atomic E-state index is 14.6. The van der Waals surface area contributed by atoms with Gasteiger partial charge in [-0.1, -0.05) is 18.2 Å². The van der Waals surface area contributed by atoms with E-state index in [0.29, 0.717) is 46.6 Å². The number of fused-ring (bicyclic) bond motifs is 1. The van der Waals surface area contributed by atoms with Crippen LogP contribution in [0.5, 0.6) is 0 Å². The summed E-state index contributed by atoms with van der Waals surface area (Å²) in [5.41, 5.74) is 4.33. The Balaban J connectivity index is 1.35. The van der Waals surface area contributed by atoms with Gasteiger partial charge >= 0.3 is 0 Å². The number of H-pyrrole nitrogens is 1. The molecule has 8 heteroatoms. The number of anilines is 1. The zero-order valence-corrected chi connectivity index (χ0v) is 20.8. The Bertz CT molecular complexity index is 1370. The number of amides is 2. The van der Waals surface area contributed by atoms with Crippen molar-refractivity contribution in [3.63, 3.8) is 0 Å². The summed E-state index contributed by atoms with van der Waals surface area (Å²) >= 11 is 0. The van der Waals surface area contributed by atoms with Crippen molar-refractivity contribution in [2.45, 2.75) is 32.6 Å². The molecule has 1 aromatic heterocycles. The van der Waals surface area contributed by atoms with E-state index in [1.54, 1.807) is 24.3 Å². The van der Waals surface area contributed by atoms with Gasteiger partial charge in [-0.25, -0.2) is 8.78 Å². The quantitative estimate of drug-likeness (QED) is 0.296. The number of hydrogen-bond donors (Lipinski definition) is 3. The van der Waals surface area contributed by atoms with Crippen LogP contribution in [0.25, 0.3) is 16.7 Å². The first-order chi connectivity index (χ1) is 17.9. The lowest BCUT2D eigenvalue weighted by Crippen LogP contribution is -2.29. The number of aromatic nitrogens is 1. The molecule has 2 amide bonds. The number of rotatable bonds is 8. The number of aryl methyl sites for hydroxylation is 1. The van der Waals surface area contributed by atoms with Gasteiger partial charge in [-0.2, -0.15) is 0 Å². The van der Waals surface area contributed by atoms with Gasteiger partial charge in [0.25, 0.3) is 11.8 Å². The molecule has 1 saturated heterocycles. The first kappa shape index (κ1) is 24.9. The molecule has 0 atom stereocenters. The number of nitrogens with one attached hydrogen (secondary N) is 3. The monoisotopic (exact) mass is 504 g/mol. The van der Waals surface area contributed by atoms with Gasteiger partial charge in [0.05, 0.1) is 5.56 Å². The van der Waals surface area contributed by atoms with E-state index in [-0.39, 0.29) is 17.4 Å². The number of carbonyl (C=O) groups is 2. The summed E-state index contributed by atoms with van der Waals surface area (Å²) in [5, 5.41) is 5.84. The third-order valence-electron chi connectivity index (χ3n) is 6.97. The fraction of sp³-hybridized carbons (Fsp3) is 0.310. The van der Waals surface area contributed by atoms with Gasteiger partial charge in [0.15, 0.2) is 0 Å². The standard InChI is InChI=1S/C29H30F2N4O2/c1-18-16-23(28(36)32-12-5-15-35-13-2-3-14-35)25(33-18)11-10-22-27-21(6-4-7-26(27)34-29(22)37)20-9-8-19(30)17-24(20)31/h4,6-10,16-17,33H,2-3,5,11-15H2,1H3,(H,32,36)(H,34,37)/b22-10-. The zero-order valence-electron chi connectivity index (χ0n) is 20.8. The Morgan fingerprint density at radius 2 is 1.92 bits per heavy atom. The first-order valence-electron chi connectivity index (χ1n) is 12.7. The molecule has 3 N–H and O–H groups in total. The number of halogens is 2. The summed E-state index contributed by atoms with van der Waals surface area (Å²) in [5.74, 6) is -1.82. The highest BCUT2D eigenvalue weighted by atomic mass is 19.1. The molecule has 3 heterocycles. The van der Waals surface area contributed by atoms with E-state index in [1.165, 1.54) is 25.0 Å². The smallest absolute Gasteiger partial charge is 0.256 e. The summed E-state index contributed by atoms with van der Waals surface area (Å²) in [6.07, 6.45) is 5.45. The first-order valence-corrected chi connectivity index (χ1v) is 12.7. The number of likely N-dealkylation sites (tertiary alicyclic amines) is 1. The summed E-state index contributed by atoms with van der Waals surface area (Å²) in [7, 11) is 0. The minimum atomic E-state index is -0.698. The molecule has 1 fully saturated rings. The van der Waals surface area contributed by atoms with Crippen molar-refractivity contribution in [3.05, 3.63) is 82.7 Å². The van der Waals surface area contributed by atoms with Crippen LogP contribution in [-0.2, 0) is 11.2 Å². The van der Waals surface area contributed by atoms with Crippen LogP contribution in [0.2, 0.25) is 0 Å². The Kier molecular flexibility index (Phi) is 7.19. The van der Waals surface area contributed by atoms with E-state index < -0.39 is 11.6 Å². The van der Waals surface area contributed by atoms with Crippen LogP contribution in [0.3, 0.4) is 0 Å². The van der Waals surface area contributed by atoms with Crippen LogP contribution in [0.4, 0.5) is 14.5 Å². The Morgan fingerprint density at radius 3 is 2.70 bits per heavy atom. The van der Waals surface area contributed by atoms with Gasteiger partial charge in [0, 0.05) is 52.8 Å². The van der Waals surface area contributed by atoms with Crippen LogP contribution in [0.15, 0.2) is 48.5 Å². The predicted molar refractivity (Wildman–Crippen MR) is 140 cm³/mol. The van der Waals surface area contributed by atoms with Crippen molar-refractivity contribution in [1.29, 1.82) is 0 Å². The van der Waals surface area contributed by atoms with Crippen LogP contribution in [-0.4, -0.2) is 47.9 Å². The van der Waals surface area contributed by atoms with E-state index in [4.69, 9.17) is 0 Å². The highest BCUT2D eigenvalue weighted by Crippen LogP contribution is 2.40. The number of aromatic amines is 1. The summed E-state index contributed by atoms with van der Waals surface area (Å²) in [4.78, 5) is 31.4. The van der Waals surface area contributed by atoms with E-state index in [0.717, 1.165) is 37.8 Å². The molecule has 0 spiro atoms. The second-order valence-electron chi connectivity index (χ2n) is 9.63. The zero-order chi connectivity index (χ0) is 25.9. The molecule has 2 aliphatic heterocycles. The Morgan fingerprint density at radius 1 is 1.11 bits per heavy atom. The molecule has 37 heavy (non-hydrogen) atoms. The minimum Gasteiger partial charge on any atom is -0.362 e. The lowest BCUT2D eigenvalue weighted by Gasteiger charge is -2.14. The number of carbonyl (C=O) groups excluding carboxylic acids is 2. The molecule has 0 aliphatic carbocycles. The van der Waals surface area contributed by atoms with Gasteiger partial charge < -0.3 is 20.5 Å². The molecule has 5 rings (SSSR count). The molecule has 0 bridgehead atoms. The lowest BCUT2D eigenvalue weighted by molar-refractivity contribution is -0.110. The van der Waals surface area contributed by atoms with Crippen molar-refractivity contribution in [2.24, 2.45) is 0 Å². The molecule has 0 radical (unpaired) electrons. The fourth-order valence-electron chi connectivity index (χ4n) is 5.20. The third kappa shape index (κ3) is 5.34. The predicted octanol–water partition coefficient (Wildman–Crippen LogP) is 5.06. The second kappa shape index (κ2) is 10.7. The molecular weight excluding hydrogens is 474 g/mol. The van der Waals surface area contributed by atoms with Gasteiger partial charge in [-0.05, 0) is 75.6 Å². The van der Waals surface area contributed by atoms with E-state index in [1.807, 2.05) is 13.0 Å². The fourth-order valence-corrected chi connectivity index (χ4v) is 5.20. The largest absolute Gasteiger partial charge is 0.362 e. The van der Waals surface area contributed by atoms with Crippen molar-refractivity contribution in [1.82, 2.24) is 15.2 Å². The molecular formula is C29H30F2N4O2. The molecule has 6 nitrogen and oxygen atoms in total. The number of nitrogens with zero attached hydrogens (tertiary/aromatic N) is 1. The van der Waals surface area contributed by atoms with Gasteiger partial charge in [0.1, 0.15) is 11.6 Å². The average Bonchev–Trinajstić information content (AvgIpc) is 3.59. The van der Waals surface area contributed by atoms with Crippen LogP contribution < -0.4 is 10.6 Å². The highest BCUT2D eigenvalue weighted by Gasteiger charge is 2.28. The van der Waals surface area contributed by atoms with Gasteiger partial charge in [-0.15, -0.1) is 0 Å². The van der Waals surface area contributed by atoms with Crippen LogP contribution in [0.1, 0.15) is 46.6 Å². The van der Waals surface area contributed by atoms with E-state index in [9.17, 15) is 18.4 Å². The second-order valence-corrected chi connectivity index (χ2v) is 9.63. The van der Waals surface area contributed by atoms with Crippen molar-refractivity contribution in [3.8, 4) is 11.1 Å². The Labute approximate surface area is 214 Å². The summed E-state index contributed by atoms with van der Waals surface area (Å²) in [6.45, 7) is 5.74.